The second-order valence-electron chi connectivity index (χ2n) is 5.65. The zero-order valence-corrected chi connectivity index (χ0v) is 12.1. The van der Waals surface area contributed by atoms with E-state index < -0.39 is 0 Å². The predicted molar refractivity (Wildman–Crippen MR) is 90.2 cm³/mol. The number of hydrogen-bond donors (Lipinski definition) is 0. The molecule has 0 fully saturated rings. The number of aryl methyl sites for hydroxylation is 1. The Bertz CT molecular complexity index is 1190. The normalized spacial score (nSPS) is 11.9. The molecule has 5 aromatic rings. The molecule has 0 bridgehead atoms. The van der Waals surface area contributed by atoms with Crippen LogP contribution in [0.15, 0.2) is 60.8 Å². The molecule has 0 saturated heterocycles. The van der Waals surface area contributed by atoms with Crippen molar-refractivity contribution in [3.63, 3.8) is 0 Å². The summed E-state index contributed by atoms with van der Waals surface area (Å²) >= 11 is 0. The van der Waals surface area contributed by atoms with Crippen molar-refractivity contribution in [2.24, 2.45) is 0 Å². The predicted octanol–water partition coefficient (Wildman–Crippen LogP) is 4.50. The van der Waals surface area contributed by atoms with Crippen LogP contribution < -0.4 is 0 Å². The summed E-state index contributed by atoms with van der Waals surface area (Å²) < 4.78 is 2.26. The Balaban J connectivity index is 2.23. The average molecular weight is 283 g/mol. The standard InChI is InChI=1S/C19H13N3/c1-12-10-14-15(11-20-12)13-6-2-4-8-17(13)22-18-9-5-3-7-16(18)21-19(14)22/h2-11H,1H3. The van der Waals surface area contributed by atoms with Gasteiger partial charge in [-0.2, -0.15) is 0 Å². The molecule has 22 heavy (non-hydrogen) atoms. The molecule has 3 aromatic heterocycles. The van der Waals surface area contributed by atoms with Crippen molar-refractivity contribution >= 4 is 38.4 Å². The van der Waals surface area contributed by atoms with Crippen LogP contribution >= 0.6 is 0 Å². The van der Waals surface area contributed by atoms with Gasteiger partial charge in [-0.25, -0.2) is 4.98 Å². The van der Waals surface area contributed by atoms with Crippen LogP contribution in [0.5, 0.6) is 0 Å². The van der Waals surface area contributed by atoms with E-state index in [1.807, 2.05) is 19.2 Å². The van der Waals surface area contributed by atoms with Gasteiger partial charge in [0.1, 0.15) is 5.65 Å². The number of hydrogen-bond acceptors (Lipinski definition) is 2. The van der Waals surface area contributed by atoms with Crippen molar-refractivity contribution in [1.82, 2.24) is 14.4 Å². The minimum absolute atomic E-state index is 1.00. The third-order valence-corrected chi connectivity index (χ3v) is 4.28. The highest BCUT2D eigenvalue weighted by atomic mass is 15.0. The van der Waals surface area contributed by atoms with Crippen LogP contribution in [0.3, 0.4) is 0 Å². The molecule has 104 valence electrons. The monoisotopic (exact) mass is 283 g/mol. The van der Waals surface area contributed by atoms with E-state index in [2.05, 4.69) is 57.9 Å². The average Bonchev–Trinajstić information content (AvgIpc) is 2.95. The van der Waals surface area contributed by atoms with E-state index in [-0.39, 0.29) is 0 Å². The quantitative estimate of drug-likeness (QED) is 0.392. The Hall–Kier alpha value is -2.94. The van der Waals surface area contributed by atoms with E-state index in [9.17, 15) is 0 Å². The van der Waals surface area contributed by atoms with Crippen LogP contribution in [-0.2, 0) is 0 Å². The number of para-hydroxylation sites is 3. The van der Waals surface area contributed by atoms with Crippen LogP contribution in [0.4, 0.5) is 0 Å². The summed E-state index contributed by atoms with van der Waals surface area (Å²) in [5.74, 6) is 0. The zero-order chi connectivity index (χ0) is 14.7. The van der Waals surface area contributed by atoms with Gasteiger partial charge in [-0.15, -0.1) is 0 Å². The van der Waals surface area contributed by atoms with Gasteiger partial charge in [0.15, 0.2) is 0 Å². The molecule has 3 nitrogen and oxygen atoms in total. The van der Waals surface area contributed by atoms with Crippen LogP contribution in [0.2, 0.25) is 0 Å². The van der Waals surface area contributed by atoms with Crippen molar-refractivity contribution in [2.45, 2.75) is 6.92 Å². The highest BCUT2D eigenvalue weighted by molar-refractivity contribution is 6.13. The van der Waals surface area contributed by atoms with Gasteiger partial charge < -0.3 is 0 Å². The van der Waals surface area contributed by atoms with Crippen molar-refractivity contribution in [3.05, 3.63) is 66.5 Å². The second kappa shape index (κ2) is 4.04. The molecular formula is C19H13N3. The van der Waals surface area contributed by atoms with Crippen molar-refractivity contribution in [1.29, 1.82) is 0 Å². The first-order valence-electron chi connectivity index (χ1n) is 7.37. The van der Waals surface area contributed by atoms with E-state index in [1.165, 1.54) is 10.9 Å². The van der Waals surface area contributed by atoms with Crippen LogP contribution in [0, 0.1) is 6.92 Å². The molecule has 0 saturated carbocycles. The summed E-state index contributed by atoms with van der Waals surface area (Å²) in [6.45, 7) is 2.02. The summed E-state index contributed by atoms with van der Waals surface area (Å²) in [7, 11) is 0. The largest absolute Gasteiger partial charge is 0.292 e. The van der Waals surface area contributed by atoms with E-state index in [1.54, 1.807) is 0 Å². The molecule has 0 radical (unpaired) electrons. The second-order valence-corrected chi connectivity index (χ2v) is 5.65. The molecular weight excluding hydrogens is 270 g/mol. The summed E-state index contributed by atoms with van der Waals surface area (Å²) in [5, 5.41) is 3.52. The maximum atomic E-state index is 4.87. The van der Waals surface area contributed by atoms with Gasteiger partial charge in [-0.05, 0) is 31.2 Å². The van der Waals surface area contributed by atoms with Crippen LogP contribution in [-0.4, -0.2) is 14.4 Å². The number of fused-ring (bicyclic) bond motifs is 8. The smallest absolute Gasteiger partial charge is 0.146 e. The van der Waals surface area contributed by atoms with Crippen molar-refractivity contribution in [2.75, 3.05) is 0 Å². The summed E-state index contributed by atoms with van der Waals surface area (Å²) in [5.41, 5.74) is 5.35. The molecule has 0 spiro atoms. The van der Waals surface area contributed by atoms with Crippen LogP contribution in [0.25, 0.3) is 38.4 Å². The SMILES string of the molecule is Cc1cc2c(cn1)c1ccccc1n1c3ccccc3nc21. The topological polar surface area (TPSA) is 30.2 Å². The first-order valence-corrected chi connectivity index (χ1v) is 7.37. The molecule has 3 heteroatoms. The summed E-state index contributed by atoms with van der Waals surface area (Å²) in [6, 6.07) is 18.9. The molecule has 0 amide bonds. The lowest BCUT2D eigenvalue weighted by Gasteiger charge is -2.08. The van der Waals surface area contributed by atoms with Gasteiger partial charge in [0.2, 0.25) is 0 Å². The Morgan fingerprint density at radius 3 is 2.50 bits per heavy atom. The molecule has 3 heterocycles. The van der Waals surface area contributed by atoms with Gasteiger partial charge in [0.05, 0.1) is 16.6 Å². The van der Waals surface area contributed by atoms with Gasteiger partial charge in [-0.1, -0.05) is 30.3 Å². The molecule has 0 aliphatic carbocycles. The lowest BCUT2D eigenvalue weighted by molar-refractivity contribution is 1.22. The van der Waals surface area contributed by atoms with Crippen LogP contribution in [0.1, 0.15) is 5.69 Å². The van der Waals surface area contributed by atoms with Crippen molar-refractivity contribution < 1.29 is 0 Å². The molecule has 0 aliphatic rings. The van der Waals surface area contributed by atoms with E-state index in [0.717, 1.165) is 33.1 Å². The maximum Gasteiger partial charge on any atom is 0.146 e. The Morgan fingerprint density at radius 2 is 1.59 bits per heavy atom. The number of pyridine rings is 2. The molecule has 0 aliphatic heterocycles. The van der Waals surface area contributed by atoms with E-state index in [0.29, 0.717) is 0 Å². The lowest BCUT2D eigenvalue weighted by atomic mass is 10.1. The Labute approximate surface area is 126 Å². The zero-order valence-electron chi connectivity index (χ0n) is 12.1. The van der Waals surface area contributed by atoms with E-state index >= 15 is 0 Å². The molecule has 0 unspecified atom stereocenters. The third-order valence-electron chi connectivity index (χ3n) is 4.28. The van der Waals surface area contributed by atoms with Gasteiger partial charge >= 0.3 is 0 Å². The van der Waals surface area contributed by atoms with Gasteiger partial charge in [0, 0.05) is 28.0 Å². The number of benzene rings is 2. The number of imidazole rings is 1. The lowest BCUT2D eigenvalue weighted by Crippen LogP contribution is -1.92. The maximum absolute atomic E-state index is 4.87. The molecule has 5 rings (SSSR count). The fraction of sp³-hybridized carbons (Fsp3) is 0.0526. The first kappa shape index (κ1) is 11.7. The summed E-state index contributed by atoms with van der Waals surface area (Å²) in [4.78, 5) is 9.35. The highest BCUT2D eigenvalue weighted by Crippen LogP contribution is 2.31. The number of rotatable bonds is 0. The summed E-state index contributed by atoms with van der Waals surface area (Å²) in [6.07, 6.45) is 1.96. The highest BCUT2D eigenvalue weighted by Gasteiger charge is 2.13. The molecule has 0 atom stereocenters. The van der Waals surface area contributed by atoms with Crippen molar-refractivity contribution in [3.8, 4) is 0 Å². The minimum Gasteiger partial charge on any atom is -0.292 e. The fourth-order valence-electron chi connectivity index (χ4n) is 3.31. The van der Waals surface area contributed by atoms with Gasteiger partial charge in [0.25, 0.3) is 0 Å². The van der Waals surface area contributed by atoms with E-state index in [4.69, 9.17) is 4.98 Å². The molecule has 0 N–H and O–H groups in total. The molecule has 2 aromatic carbocycles. The van der Waals surface area contributed by atoms with Gasteiger partial charge in [-0.3, -0.25) is 9.38 Å². The Kier molecular flexibility index (Phi) is 2.15. The fourth-order valence-corrected chi connectivity index (χ4v) is 3.31. The third kappa shape index (κ3) is 1.40. The Morgan fingerprint density at radius 1 is 0.818 bits per heavy atom. The minimum atomic E-state index is 1.00. The first-order chi connectivity index (χ1) is 10.8. The number of aromatic nitrogens is 3. The number of nitrogens with zero attached hydrogens (tertiary/aromatic N) is 3.